The molecule has 0 bridgehead atoms. The molecule has 1 N–H and O–H groups in total. The van der Waals surface area contributed by atoms with Crippen molar-refractivity contribution in [2.75, 3.05) is 13.1 Å². The minimum absolute atomic E-state index is 0.0323. The molecule has 0 unspecified atom stereocenters. The largest absolute Gasteiger partial charge is 0.490 e. The monoisotopic (exact) mass is 398 g/mol. The van der Waals surface area contributed by atoms with Crippen molar-refractivity contribution in [2.24, 2.45) is 0 Å². The van der Waals surface area contributed by atoms with Gasteiger partial charge in [-0.3, -0.25) is 9.59 Å². The smallest absolute Gasteiger partial charge is 0.261 e. The number of likely N-dealkylation sites (tertiary alicyclic amines) is 1. The van der Waals surface area contributed by atoms with Crippen molar-refractivity contribution in [1.82, 2.24) is 9.88 Å². The van der Waals surface area contributed by atoms with E-state index in [9.17, 15) is 9.59 Å². The Labute approximate surface area is 166 Å². The van der Waals surface area contributed by atoms with Gasteiger partial charge in [0.15, 0.2) is 0 Å². The predicted molar refractivity (Wildman–Crippen MR) is 106 cm³/mol. The van der Waals surface area contributed by atoms with Crippen molar-refractivity contribution in [3.63, 3.8) is 0 Å². The Bertz CT molecular complexity index is 1000. The quantitative estimate of drug-likeness (QED) is 0.721. The van der Waals surface area contributed by atoms with Gasteiger partial charge in [-0.1, -0.05) is 11.6 Å². The minimum atomic E-state index is -0.418. The van der Waals surface area contributed by atoms with Crippen molar-refractivity contribution >= 4 is 17.5 Å². The van der Waals surface area contributed by atoms with Gasteiger partial charge in [-0.05, 0) is 48.5 Å². The van der Waals surface area contributed by atoms with E-state index in [-0.39, 0.29) is 17.6 Å². The summed E-state index contributed by atoms with van der Waals surface area (Å²) in [4.78, 5) is 29.5. The molecule has 7 heteroatoms. The fraction of sp³-hybridized carbons (Fsp3) is 0.238. The molecule has 1 amide bonds. The first-order valence-corrected chi connectivity index (χ1v) is 9.46. The molecule has 1 fully saturated rings. The molecule has 1 aromatic carbocycles. The average molecular weight is 399 g/mol. The van der Waals surface area contributed by atoms with Crippen LogP contribution in [0.1, 0.15) is 23.2 Å². The number of nitrogens with one attached hydrogen (secondary N) is 1. The van der Waals surface area contributed by atoms with Crippen molar-refractivity contribution < 1.29 is 13.9 Å². The molecule has 3 aromatic rings. The number of furan rings is 1. The molecule has 6 nitrogen and oxygen atoms in total. The number of nitrogens with zero attached hydrogens (tertiary/aromatic N) is 1. The van der Waals surface area contributed by atoms with Crippen molar-refractivity contribution in [3.05, 3.63) is 75.7 Å². The standard InChI is InChI=1S/C21H19ClN2O4/c22-14-3-5-15(6-4-14)28-16-9-11-24(12-10-16)21(26)17-7-8-18(23-20(17)25)19-2-1-13-27-19/h1-8,13,16H,9-12H2,(H,23,25). The summed E-state index contributed by atoms with van der Waals surface area (Å²) >= 11 is 5.89. The SMILES string of the molecule is O=C(c1ccc(-c2ccco2)[nH]c1=O)N1CCC(Oc2ccc(Cl)cc2)CC1. The van der Waals surface area contributed by atoms with E-state index in [0.717, 1.165) is 5.75 Å². The molecular formula is C21H19ClN2O4. The molecule has 0 saturated carbocycles. The zero-order valence-electron chi connectivity index (χ0n) is 15.1. The second kappa shape index (κ2) is 7.94. The highest BCUT2D eigenvalue weighted by Gasteiger charge is 2.26. The lowest BCUT2D eigenvalue weighted by atomic mass is 10.1. The normalized spacial score (nSPS) is 14.8. The molecule has 0 atom stereocenters. The fourth-order valence-electron chi connectivity index (χ4n) is 3.27. The Morgan fingerprint density at radius 3 is 2.50 bits per heavy atom. The number of hydrogen-bond donors (Lipinski definition) is 1. The molecule has 2 aromatic heterocycles. The highest BCUT2D eigenvalue weighted by atomic mass is 35.5. The fourth-order valence-corrected chi connectivity index (χ4v) is 3.40. The van der Waals surface area contributed by atoms with E-state index in [0.29, 0.717) is 42.4 Å². The molecule has 0 spiro atoms. The number of halogens is 1. The van der Waals surface area contributed by atoms with Crippen LogP contribution in [-0.4, -0.2) is 35.0 Å². The second-order valence-electron chi connectivity index (χ2n) is 6.66. The third-order valence-electron chi connectivity index (χ3n) is 4.77. The summed E-state index contributed by atoms with van der Waals surface area (Å²) in [5.74, 6) is 1.05. The minimum Gasteiger partial charge on any atom is -0.490 e. The van der Waals surface area contributed by atoms with E-state index in [1.807, 2.05) is 12.1 Å². The molecule has 1 aliphatic heterocycles. The number of amides is 1. The Kier molecular flexibility index (Phi) is 5.21. The molecule has 4 rings (SSSR count). The topological polar surface area (TPSA) is 75.5 Å². The van der Waals surface area contributed by atoms with Gasteiger partial charge in [0.25, 0.3) is 11.5 Å². The van der Waals surface area contributed by atoms with E-state index in [4.69, 9.17) is 20.8 Å². The number of ether oxygens (including phenoxy) is 1. The van der Waals surface area contributed by atoms with Gasteiger partial charge < -0.3 is 19.0 Å². The average Bonchev–Trinajstić information content (AvgIpc) is 3.25. The number of pyridine rings is 1. The van der Waals surface area contributed by atoms with Gasteiger partial charge in [0.1, 0.15) is 23.2 Å². The number of carbonyl (C=O) groups excluding carboxylic acids is 1. The number of aromatic amines is 1. The lowest BCUT2D eigenvalue weighted by Gasteiger charge is -2.32. The number of H-pyrrole nitrogens is 1. The summed E-state index contributed by atoms with van der Waals surface area (Å²) in [6.07, 6.45) is 2.97. The third-order valence-corrected chi connectivity index (χ3v) is 5.02. The van der Waals surface area contributed by atoms with Crippen LogP contribution in [0.25, 0.3) is 11.5 Å². The van der Waals surface area contributed by atoms with Crippen LogP contribution < -0.4 is 10.3 Å². The van der Waals surface area contributed by atoms with Crippen molar-refractivity contribution in [3.8, 4) is 17.2 Å². The van der Waals surface area contributed by atoms with Gasteiger partial charge in [0.05, 0.1) is 12.0 Å². The Balaban J connectivity index is 1.38. The van der Waals surface area contributed by atoms with Crippen LogP contribution in [0.5, 0.6) is 5.75 Å². The predicted octanol–water partition coefficient (Wildman–Crippen LogP) is 3.97. The van der Waals surface area contributed by atoms with E-state index >= 15 is 0 Å². The summed E-state index contributed by atoms with van der Waals surface area (Å²) in [6, 6.07) is 14.0. The van der Waals surface area contributed by atoms with Gasteiger partial charge in [-0.15, -0.1) is 0 Å². The summed E-state index contributed by atoms with van der Waals surface area (Å²) in [5.41, 5.74) is 0.257. The first-order valence-electron chi connectivity index (χ1n) is 9.09. The zero-order chi connectivity index (χ0) is 19.5. The van der Waals surface area contributed by atoms with E-state index in [2.05, 4.69) is 4.98 Å². The maximum absolute atomic E-state index is 12.7. The maximum Gasteiger partial charge on any atom is 0.261 e. The van der Waals surface area contributed by atoms with Gasteiger partial charge in [0.2, 0.25) is 0 Å². The Morgan fingerprint density at radius 1 is 1.11 bits per heavy atom. The number of carbonyl (C=O) groups is 1. The van der Waals surface area contributed by atoms with Gasteiger partial charge in [-0.2, -0.15) is 0 Å². The van der Waals surface area contributed by atoms with Crippen LogP contribution in [0.2, 0.25) is 5.02 Å². The third kappa shape index (κ3) is 3.97. The van der Waals surface area contributed by atoms with E-state index in [1.54, 1.807) is 41.3 Å². The van der Waals surface area contributed by atoms with Crippen LogP contribution in [0.3, 0.4) is 0 Å². The molecular weight excluding hydrogens is 380 g/mol. The summed E-state index contributed by atoms with van der Waals surface area (Å²) in [7, 11) is 0. The van der Waals surface area contributed by atoms with Gasteiger partial charge in [-0.25, -0.2) is 0 Å². The summed E-state index contributed by atoms with van der Waals surface area (Å²) in [5, 5.41) is 0.663. The van der Waals surface area contributed by atoms with E-state index < -0.39 is 5.56 Å². The second-order valence-corrected chi connectivity index (χ2v) is 7.09. The lowest BCUT2D eigenvalue weighted by molar-refractivity contribution is 0.0594. The molecule has 1 saturated heterocycles. The molecule has 0 aliphatic carbocycles. The van der Waals surface area contributed by atoms with Crippen LogP contribution in [0, 0.1) is 0 Å². The molecule has 0 radical (unpaired) electrons. The van der Waals surface area contributed by atoms with Crippen molar-refractivity contribution in [2.45, 2.75) is 18.9 Å². The number of aromatic nitrogens is 1. The zero-order valence-corrected chi connectivity index (χ0v) is 15.8. The molecule has 3 heterocycles. The summed E-state index contributed by atoms with van der Waals surface area (Å²) in [6.45, 7) is 1.08. The highest BCUT2D eigenvalue weighted by Crippen LogP contribution is 2.22. The van der Waals surface area contributed by atoms with Crippen LogP contribution in [0.15, 0.2) is 64.0 Å². The van der Waals surface area contributed by atoms with Gasteiger partial charge >= 0.3 is 0 Å². The first kappa shape index (κ1) is 18.4. The summed E-state index contributed by atoms with van der Waals surface area (Å²) < 4.78 is 11.2. The van der Waals surface area contributed by atoms with Crippen LogP contribution in [0.4, 0.5) is 0 Å². The first-order chi connectivity index (χ1) is 13.6. The van der Waals surface area contributed by atoms with Crippen molar-refractivity contribution in [1.29, 1.82) is 0 Å². The number of hydrogen-bond acceptors (Lipinski definition) is 4. The molecule has 1 aliphatic rings. The Morgan fingerprint density at radius 2 is 1.86 bits per heavy atom. The number of benzene rings is 1. The number of piperidine rings is 1. The highest BCUT2D eigenvalue weighted by molar-refractivity contribution is 6.30. The van der Waals surface area contributed by atoms with E-state index in [1.165, 1.54) is 6.26 Å². The number of rotatable bonds is 4. The maximum atomic E-state index is 12.7. The Hall–Kier alpha value is -2.99. The van der Waals surface area contributed by atoms with Gasteiger partial charge in [0, 0.05) is 31.0 Å². The van der Waals surface area contributed by atoms with Crippen LogP contribution >= 0.6 is 11.6 Å². The molecule has 144 valence electrons. The molecule has 28 heavy (non-hydrogen) atoms. The van der Waals surface area contributed by atoms with Crippen LogP contribution in [-0.2, 0) is 0 Å². The lowest BCUT2D eigenvalue weighted by Crippen LogP contribution is -2.43.